The van der Waals surface area contributed by atoms with E-state index in [1.165, 1.54) is 0 Å². The average Bonchev–Trinajstić information content (AvgIpc) is 1.63. The number of unbranched alkanes of at least 4 members (excludes halogenated alkanes) is 1. The molecule has 0 aromatic carbocycles. The predicted molar refractivity (Wildman–Crippen MR) is 35.5 cm³/mol. The maximum Gasteiger partial charge on any atom is 0.364 e. The van der Waals surface area contributed by atoms with E-state index >= 15 is 0 Å². The summed E-state index contributed by atoms with van der Waals surface area (Å²) >= 11 is 0. The van der Waals surface area contributed by atoms with Gasteiger partial charge in [-0.2, -0.15) is 4.20 Å². The molecule has 56 valence electrons. The van der Waals surface area contributed by atoms with E-state index in [2.05, 4.69) is 4.52 Å². The van der Waals surface area contributed by atoms with Crippen LogP contribution in [0.25, 0.3) is 0 Å². The van der Waals surface area contributed by atoms with E-state index in [9.17, 15) is 8.76 Å². The second-order valence-electron chi connectivity index (χ2n) is 1.93. The summed E-state index contributed by atoms with van der Waals surface area (Å²) < 4.78 is 26.6. The molecule has 0 aliphatic heterocycles. The van der Waals surface area contributed by atoms with E-state index in [0.29, 0.717) is 0 Å². The van der Waals surface area contributed by atoms with Crippen molar-refractivity contribution < 1.29 is 13.3 Å². The summed E-state index contributed by atoms with van der Waals surface area (Å²) in [6.45, 7) is 3.20. The van der Waals surface area contributed by atoms with Crippen LogP contribution in [0.1, 0.15) is 19.8 Å². The van der Waals surface area contributed by atoms with Crippen molar-refractivity contribution in [2.75, 3.05) is 13.3 Å². The van der Waals surface area contributed by atoms with Crippen molar-refractivity contribution in [3.05, 3.63) is 0 Å². The van der Waals surface area contributed by atoms with Gasteiger partial charge in [-0.1, -0.05) is 13.3 Å². The Kier molecular flexibility index (Phi) is 4.07. The first-order valence-corrected chi connectivity index (χ1v) is 4.94. The van der Waals surface area contributed by atoms with E-state index in [0.717, 1.165) is 19.5 Å². The Morgan fingerprint density at radius 3 is 2.56 bits per heavy atom. The summed E-state index contributed by atoms with van der Waals surface area (Å²) in [5, 5.41) is 0. The first kappa shape index (κ1) is 9.12. The quantitative estimate of drug-likeness (QED) is 0.459. The van der Waals surface area contributed by atoms with Crippen molar-refractivity contribution in [3.63, 3.8) is 0 Å². The molecule has 0 amide bonds. The molecule has 0 fully saturated rings. The van der Waals surface area contributed by atoms with Crippen LogP contribution in [0.5, 0.6) is 0 Å². The normalized spacial score (nSPS) is 17.2. The minimum Gasteiger partial charge on any atom is -0.306 e. The van der Waals surface area contributed by atoms with Crippen LogP contribution in [-0.2, 0) is 9.09 Å². The van der Waals surface area contributed by atoms with E-state index in [-0.39, 0.29) is 6.61 Å². The Hall–Kier alpha value is 0.120. The largest absolute Gasteiger partial charge is 0.364 e. The van der Waals surface area contributed by atoms with Crippen LogP contribution in [0.2, 0.25) is 0 Å². The Morgan fingerprint density at radius 2 is 2.22 bits per heavy atom. The molecule has 0 heterocycles. The zero-order valence-electron chi connectivity index (χ0n) is 5.76. The second-order valence-corrected chi connectivity index (χ2v) is 3.69. The second kappa shape index (κ2) is 4.02. The van der Waals surface area contributed by atoms with Gasteiger partial charge in [-0.15, -0.1) is 0 Å². The van der Waals surface area contributed by atoms with Crippen molar-refractivity contribution in [2.24, 2.45) is 0 Å². The molecular weight excluding hydrogens is 142 g/mol. The van der Waals surface area contributed by atoms with Gasteiger partial charge in [0.1, 0.15) is 0 Å². The lowest BCUT2D eigenvalue weighted by Gasteiger charge is -2.01. The number of halogens is 1. The molecule has 1 unspecified atom stereocenters. The standard InChI is InChI=1S/C5H12FO2P/c1-3-4-5-8-9(2,6)7/h3-5H2,1-2H3. The van der Waals surface area contributed by atoms with Crippen molar-refractivity contribution in [3.8, 4) is 0 Å². The van der Waals surface area contributed by atoms with Crippen LogP contribution in [0.3, 0.4) is 0 Å². The topological polar surface area (TPSA) is 26.3 Å². The first-order valence-electron chi connectivity index (χ1n) is 2.98. The number of rotatable bonds is 4. The summed E-state index contributed by atoms with van der Waals surface area (Å²) in [5.74, 6) is 0. The molecule has 0 aliphatic rings. The zero-order valence-corrected chi connectivity index (χ0v) is 6.66. The molecule has 2 nitrogen and oxygen atoms in total. The highest BCUT2D eigenvalue weighted by Gasteiger charge is 2.10. The lowest BCUT2D eigenvalue weighted by molar-refractivity contribution is 0.285. The minimum atomic E-state index is -3.70. The van der Waals surface area contributed by atoms with Crippen LogP contribution in [-0.4, -0.2) is 13.3 Å². The molecule has 0 spiro atoms. The van der Waals surface area contributed by atoms with Gasteiger partial charge in [0.2, 0.25) is 0 Å². The Bertz CT molecular complexity index is 110. The smallest absolute Gasteiger partial charge is 0.306 e. The van der Waals surface area contributed by atoms with Crippen LogP contribution >= 0.6 is 7.68 Å². The fourth-order valence-corrected chi connectivity index (χ4v) is 0.827. The Labute approximate surface area is 55.0 Å². The van der Waals surface area contributed by atoms with E-state index in [1.807, 2.05) is 6.92 Å². The summed E-state index contributed by atoms with van der Waals surface area (Å²) in [6.07, 6.45) is 1.70. The van der Waals surface area contributed by atoms with Gasteiger partial charge in [-0.25, -0.2) is 0 Å². The van der Waals surface area contributed by atoms with Gasteiger partial charge in [0, 0.05) is 6.66 Å². The Balaban J connectivity index is 3.18. The molecule has 0 saturated heterocycles. The molecule has 0 N–H and O–H groups in total. The van der Waals surface area contributed by atoms with Crippen molar-refractivity contribution >= 4 is 7.68 Å². The zero-order chi connectivity index (χ0) is 7.33. The first-order chi connectivity index (χ1) is 4.06. The molecule has 0 bridgehead atoms. The van der Waals surface area contributed by atoms with Crippen LogP contribution in [0, 0.1) is 0 Å². The third kappa shape index (κ3) is 8.12. The highest BCUT2D eigenvalue weighted by Crippen LogP contribution is 2.43. The van der Waals surface area contributed by atoms with Crippen LogP contribution < -0.4 is 0 Å². The van der Waals surface area contributed by atoms with E-state index in [4.69, 9.17) is 0 Å². The molecule has 9 heavy (non-hydrogen) atoms. The summed E-state index contributed by atoms with van der Waals surface area (Å²) in [4.78, 5) is 0. The van der Waals surface area contributed by atoms with Gasteiger partial charge in [0.15, 0.2) is 0 Å². The third-order valence-corrected chi connectivity index (χ3v) is 1.46. The number of hydrogen-bond acceptors (Lipinski definition) is 2. The SMILES string of the molecule is CCCCOP(C)(=O)F. The summed E-state index contributed by atoms with van der Waals surface area (Å²) in [7, 11) is -3.70. The molecular formula is C5H12FO2P. The predicted octanol–water partition coefficient (Wildman–Crippen LogP) is 2.60. The van der Waals surface area contributed by atoms with Gasteiger partial charge in [-0.3, -0.25) is 4.57 Å². The highest BCUT2D eigenvalue weighted by molar-refractivity contribution is 7.52. The van der Waals surface area contributed by atoms with E-state index < -0.39 is 7.68 Å². The minimum absolute atomic E-state index is 0.265. The maximum absolute atomic E-state index is 12.0. The molecule has 1 atom stereocenters. The van der Waals surface area contributed by atoms with E-state index in [1.54, 1.807) is 0 Å². The highest BCUT2D eigenvalue weighted by atomic mass is 31.2. The van der Waals surface area contributed by atoms with Crippen LogP contribution in [0.15, 0.2) is 0 Å². The molecule has 0 aliphatic carbocycles. The average molecular weight is 154 g/mol. The lowest BCUT2D eigenvalue weighted by Crippen LogP contribution is -1.87. The van der Waals surface area contributed by atoms with Crippen molar-refractivity contribution in [1.29, 1.82) is 0 Å². The molecule has 0 rings (SSSR count). The van der Waals surface area contributed by atoms with Gasteiger partial charge in [0.05, 0.1) is 6.61 Å². The molecule has 0 saturated carbocycles. The summed E-state index contributed by atoms with van der Waals surface area (Å²) in [6, 6.07) is 0. The molecule has 4 heteroatoms. The van der Waals surface area contributed by atoms with Gasteiger partial charge in [-0.05, 0) is 6.42 Å². The molecule has 0 radical (unpaired) electrons. The summed E-state index contributed by atoms with van der Waals surface area (Å²) in [5.41, 5.74) is 0. The van der Waals surface area contributed by atoms with Gasteiger partial charge >= 0.3 is 7.68 Å². The molecule has 0 aromatic heterocycles. The van der Waals surface area contributed by atoms with Crippen molar-refractivity contribution in [2.45, 2.75) is 19.8 Å². The fraction of sp³-hybridized carbons (Fsp3) is 1.00. The fourth-order valence-electron chi connectivity index (χ4n) is 0.372. The lowest BCUT2D eigenvalue weighted by atomic mass is 10.4. The van der Waals surface area contributed by atoms with Gasteiger partial charge in [0.25, 0.3) is 0 Å². The Morgan fingerprint density at radius 1 is 1.67 bits per heavy atom. The maximum atomic E-state index is 12.0. The third-order valence-electron chi connectivity index (χ3n) is 0.820. The van der Waals surface area contributed by atoms with Crippen molar-refractivity contribution in [1.82, 2.24) is 0 Å². The van der Waals surface area contributed by atoms with Gasteiger partial charge < -0.3 is 4.52 Å². The number of hydrogen-bond donors (Lipinski definition) is 0. The van der Waals surface area contributed by atoms with Crippen LogP contribution in [0.4, 0.5) is 4.20 Å². The monoisotopic (exact) mass is 154 g/mol. The molecule has 0 aromatic rings.